The number of aliphatic hydroxyl groups excluding tert-OH is 1. The van der Waals surface area contributed by atoms with E-state index in [-0.39, 0.29) is 40.3 Å². The van der Waals surface area contributed by atoms with Gasteiger partial charge in [0.1, 0.15) is 28.8 Å². The Morgan fingerprint density at radius 3 is 2.45 bits per heavy atom. The van der Waals surface area contributed by atoms with Crippen LogP contribution in [0.2, 0.25) is 0 Å². The minimum Gasteiger partial charge on any atom is -0.506 e. The van der Waals surface area contributed by atoms with Crippen LogP contribution in [0.25, 0.3) is 6.08 Å². The van der Waals surface area contributed by atoms with E-state index >= 15 is 0 Å². The van der Waals surface area contributed by atoms with Crippen molar-refractivity contribution in [1.29, 1.82) is 0 Å². The van der Waals surface area contributed by atoms with Gasteiger partial charge in [-0.1, -0.05) is 48.2 Å². The summed E-state index contributed by atoms with van der Waals surface area (Å²) in [5.41, 5.74) is 1.15. The van der Waals surface area contributed by atoms with E-state index in [1.807, 2.05) is 6.92 Å². The van der Waals surface area contributed by atoms with Crippen molar-refractivity contribution in [2.24, 2.45) is 4.99 Å². The lowest BCUT2D eigenvalue weighted by Gasteiger charge is -2.15. The number of carbonyl (C=O) groups excluding carboxylic acids is 2. The molecule has 0 atom stereocenters. The molecule has 0 saturated carbocycles. The Hall–Kier alpha value is -3.89. The van der Waals surface area contributed by atoms with Crippen LogP contribution in [-0.2, 0) is 16.1 Å². The highest BCUT2D eigenvalue weighted by molar-refractivity contribution is 9.10. The minimum atomic E-state index is -0.788. The van der Waals surface area contributed by atoms with Crippen LogP contribution < -0.4 is 9.47 Å². The van der Waals surface area contributed by atoms with Crippen molar-refractivity contribution >= 4 is 50.7 Å². The number of halogens is 2. The molecule has 0 aromatic heterocycles. The lowest BCUT2D eigenvalue weighted by atomic mass is 10.1. The first-order valence-corrected chi connectivity index (χ1v) is 13.9. The highest BCUT2D eigenvalue weighted by Crippen LogP contribution is 2.42. The molecule has 1 amide bonds. The van der Waals surface area contributed by atoms with Gasteiger partial charge in [0.25, 0.3) is 5.91 Å². The van der Waals surface area contributed by atoms with E-state index in [4.69, 9.17) is 14.2 Å². The molecule has 40 heavy (non-hydrogen) atoms. The molecule has 4 rings (SSSR count). The molecule has 206 valence electrons. The molecule has 0 unspecified atom stereocenters. The second-order valence-corrected chi connectivity index (χ2v) is 10.2. The lowest BCUT2D eigenvalue weighted by Crippen LogP contribution is -2.14. The number of aliphatic imine (C=N–C) groups is 1. The molecule has 0 saturated heterocycles. The molecule has 0 fully saturated rings. The van der Waals surface area contributed by atoms with Gasteiger partial charge in [0.15, 0.2) is 11.5 Å². The topological polar surface area (TPSA) is 94.4 Å². The van der Waals surface area contributed by atoms with Gasteiger partial charge in [-0.3, -0.25) is 4.79 Å². The summed E-state index contributed by atoms with van der Waals surface area (Å²) in [6.07, 6.45) is 1.63. The Balaban J connectivity index is 1.68. The van der Waals surface area contributed by atoms with Gasteiger partial charge in [0, 0.05) is 11.1 Å². The molecular formula is C30H25BrFNO6S. The predicted octanol–water partition coefficient (Wildman–Crippen LogP) is 7.27. The molecule has 3 aromatic rings. The number of thioether (sulfide) groups is 1. The first kappa shape index (κ1) is 29.1. The first-order chi connectivity index (χ1) is 19.3. The van der Waals surface area contributed by atoms with Gasteiger partial charge in [-0.2, -0.15) is 0 Å². The van der Waals surface area contributed by atoms with Crippen molar-refractivity contribution in [1.82, 2.24) is 0 Å². The Bertz CT molecular complexity index is 1520. The van der Waals surface area contributed by atoms with Gasteiger partial charge >= 0.3 is 5.97 Å². The minimum absolute atomic E-state index is 0.0106. The van der Waals surface area contributed by atoms with Crippen molar-refractivity contribution in [3.05, 3.63) is 110 Å². The average molecular weight is 627 g/mol. The molecule has 0 bridgehead atoms. The van der Waals surface area contributed by atoms with Gasteiger partial charge in [-0.15, -0.1) is 0 Å². The normalized spacial score (nSPS) is 15.0. The lowest BCUT2D eigenvalue weighted by molar-refractivity contribution is -0.138. The van der Waals surface area contributed by atoms with Crippen molar-refractivity contribution in [2.75, 3.05) is 13.2 Å². The van der Waals surface area contributed by atoms with Crippen LogP contribution in [-0.4, -0.2) is 35.2 Å². The van der Waals surface area contributed by atoms with Crippen LogP contribution in [0.4, 0.5) is 4.39 Å². The molecule has 10 heteroatoms. The van der Waals surface area contributed by atoms with Crippen molar-refractivity contribution in [2.45, 2.75) is 20.5 Å². The van der Waals surface area contributed by atoms with Crippen LogP contribution in [0.3, 0.4) is 0 Å². The molecule has 3 aromatic carbocycles. The highest BCUT2D eigenvalue weighted by Gasteiger charge is 2.34. The summed E-state index contributed by atoms with van der Waals surface area (Å²) in [7, 11) is 0. The van der Waals surface area contributed by atoms with Crippen LogP contribution in [0.5, 0.6) is 11.5 Å². The third-order valence-corrected chi connectivity index (χ3v) is 7.16. The summed E-state index contributed by atoms with van der Waals surface area (Å²) in [5.74, 6) is -1.30. The quantitative estimate of drug-likeness (QED) is 0.250. The number of carbonyl (C=O) groups is 2. The second-order valence-electron chi connectivity index (χ2n) is 8.29. The summed E-state index contributed by atoms with van der Waals surface area (Å²) in [6, 6.07) is 18.2. The van der Waals surface area contributed by atoms with Gasteiger partial charge < -0.3 is 19.3 Å². The number of nitrogens with zero attached hydrogens (tertiary/aromatic N) is 1. The number of hydrogen-bond donors (Lipinski definition) is 1. The molecule has 0 aliphatic carbocycles. The molecular weight excluding hydrogens is 601 g/mol. The molecule has 1 N–H and O–H groups in total. The molecule has 7 nitrogen and oxygen atoms in total. The van der Waals surface area contributed by atoms with E-state index in [1.165, 1.54) is 6.07 Å². The number of hydrogen-bond acceptors (Lipinski definition) is 7. The fourth-order valence-electron chi connectivity index (χ4n) is 3.72. The summed E-state index contributed by atoms with van der Waals surface area (Å²) in [4.78, 5) is 29.8. The number of amides is 1. The maximum atomic E-state index is 14.1. The molecule has 0 radical (unpaired) electrons. The van der Waals surface area contributed by atoms with E-state index in [9.17, 15) is 19.1 Å². The molecule has 0 spiro atoms. The number of ether oxygens (including phenoxy) is 3. The van der Waals surface area contributed by atoms with E-state index in [2.05, 4.69) is 20.9 Å². The van der Waals surface area contributed by atoms with Crippen molar-refractivity contribution in [3.63, 3.8) is 0 Å². The monoisotopic (exact) mass is 625 g/mol. The summed E-state index contributed by atoms with van der Waals surface area (Å²) < 4.78 is 31.4. The standard InChI is InChI=1S/C30H25BrFNO6S/c1-3-37-23-15-18(14-21(31)27(23)39-17-20-12-8-9-13-22(20)32)16-24-26(34)25(30(36)38-4-2)29(40-24)33-28(35)19-10-6-5-7-11-19/h5-16,34H,3-4,17H2,1-2H3/b24-16+,33-29?. The largest absolute Gasteiger partial charge is 0.506 e. The SMILES string of the molecule is CCOC(=O)C1=C(O)/C(=C\c2cc(Br)c(OCc3ccccc3F)c(OCC)c2)SC1=NC(=O)c1ccccc1. The van der Waals surface area contributed by atoms with E-state index in [0.29, 0.717) is 39.3 Å². The van der Waals surface area contributed by atoms with Crippen LogP contribution in [0.1, 0.15) is 35.3 Å². The smallest absolute Gasteiger partial charge is 0.344 e. The zero-order chi connectivity index (χ0) is 28.6. The van der Waals surface area contributed by atoms with Gasteiger partial charge in [-0.25, -0.2) is 14.2 Å². The van der Waals surface area contributed by atoms with Crippen LogP contribution >= 0.6 is 27.7 Å². The Morgan fingerprint density at radius 1 is 1.02 bits per heavy atom. The van der Waals surface area contributed by atoms with Gasteiger partial charge in [0.05, 0.1) is 22.6 Å². The number of rotatable bonds is 9. The fraction of sp³-hybridized carbons (Fsp3) is 0.167. The molecule has 1 aliphatic heterocycles. The maximum absolute atomic E-state index is 14.1. The van der Waals surface area contributed by atoms with E-state index in [1.54, 1.807) is 73.7 Å². The fourth-order valence-corrected chi connectivity index (χ4v) is 5.31. The summed E-state index contributed by atoms with van der Waals surface area (Å²) >= 11 is 4.47. The van der Waals surface area contributed by atoms with E-state index < -0.39 is 11.9 Å². The van der Waals surface area contributed by atoms with E-state index in [0.717, 1.165) is 11.8 Å². The Labute approximate surface area is 243 Å². The van der Waals surface area contributed by atoms with Crippen molar-refractivity contribution < 1.29 is 33.3 Å². The van der Waals surface area contributed by atoms with Gasteiger partial charge in [0.2, 0.25) is 0 Å². The first-order valence-electron chi connectivity index (χ1n) is 12.3. The van der Waals surface area contributed by atoms with Gasteiger partial charge in [-0.05, 0) is 71.7 Å². The summed E-state index contributed by atoms with van der Waals surface area (Å²) in [5, 5.41) is 11.0. The zero-order valence-corrected chi connectivity index (χ0v) is 24.1. The second kappa shape index (κ2) is 13.5. The number of esters is 1. The highest BCUT2D eigenvalue weighted by atomic mass is 79.9. The molecule has 1 heterocycles. The summed E-state index contributed by atoms with van der Waals surface area (Å²) in [6.45, 7) is 3.87. The number of aliphatic hydroxyl groups is 1. The average Bonchev–Trinajstić information content (AvgIpc) is 3.23. The van der Waals surface area contributed by atoms with Crippen LogP contribution in [0.15, 0.2) is 92.4 Å². The van der Waals surface area contributed by atoms with Crippen LogP contribution in [0, 0.1) is 5.82 Å². The number of benzene rings is 3. The molecule has 1 aliphatic rings. The van der Waals surface area contributed by atoms with Crippen molar-refractivity contribution in [3.8, 4) is 11.5 Å². The maximum Gasteiger partial charge on any atom is 0.344 e. The Kier molecular flexibility index (Phi) is 9.79. The zero-order valence-electron chi connectivity index (χ0n) is 21.6. The Morgan fingerprint density at radius 2 is 1.75 bits per heavy atom. The predicted molar refractivity (Wildman–Crippen MR) is 156 cm³/mol. The third-order valence-electron chi connectivity index (χ3n) is 5.55. The third kappa shape index (κ3) is 6.81.